The van der Waals surface area contributed by atoms with Crippen LogP contribution in [0.3, 0.4) is 0 Å². The highest BCUT2D eigenvalue weighted by Crippen LogP contribution is 2.38. The molecule has 8 heteroatoms. The number of Topliss-reactive ketones (excluding diaryl/α,β-unsaturated/α-hetero) is 1. The summed E-state index contributed by atoms with van der Waals surface area (Å²) in [6.45, 7) is 2.31. The molecule has 2 aromatic carbocycles. The molecule has 0 spiro atoms. The fraction of sp³-hybridized carbons (Fsp3) is 0.263. The first-order valence-corrected chi connectivity index (χ1v) is 9.78. The average molecular weight is 389 g/mol. The van der Waals surface area contributed by atoms with Gasteiger partial charge in [-0.1, -0.05) is 0 Å². The highest BCUT2D eigenvalue weighted by molar-refractivity contribution is 7.93. The zero-order valence-corrected chi connectivity index (χ0v) is 15.9. The SMILES string of the molecule is CCOc1ccc(S(=O)(=O)C2C=Nc3cc(OC)c(OC)cc3C2=O)cc1. The minimum absolute atomic E-state index is 0.0275. The zero-order chi connectivity index (χ0) is 19.6. The standard InChI is InChI=1S/C19H19NO6S/c1-4-26-12-5-7-13(8-6-12)27(22,23)18-11-20-15-10-17(25-3)16(24-2)9-14(15)19(18)21/h5-11,18H,4H2,1-3H3. The number of carbonyl (C=O) groups excluding carboxylic acids is 1. The first-order chi connectivity index (χ1) is 12.9. The van der Waals surface area contributed by atoms with Crippen LogP contribution < -0.4 is 14.2 Å². The van der Waals surface area contributed by atoms with Gasteiger partial charge in [0.05, 0.1) is 31.4 Å². The van der Waals surface area contributed by atoms with Gasteiger partial charge in [0.2, 0.25) is 0 Å². The van der Waals surface area contributed by atoms with Crippen LogP contribution in [-0.2, 0) is 9.84 Å². The lowest BCUT2D eigenvalue weighted by molar-refractivity contribution is 0.100. The van der Waals surface area contributed by atoms with Crippen molar-refractivity contribution >= 4 is 27.5 Å². The van der Waals surface area contributed by atoms with Crippen molar-refractivity contribution in [3.63, 3.8) is 0 Å². The number of benzene rings is 2. The van der Waals surface area contributed by atoms with Crippen LogP contribution in [0.2, 0.25) is 0 Å². The highest BCUT2D eigenvalue weighted by Gasteiger charge is 2.37. The number of nitrogens with zero attached hydrogens (tertiary/aromatic N) is 1. The Bertz CT molecular complexity index is 996. The summed E-state index contributed by atoms with van der Waals surface area (Å²) in [7, 11) is -1.04. The second-order valence-corrected chi connectivity index (χ2v) is 7.81. The number of aliphatic imine (C=N–C) groups is 1. The number of ketones is 1. The normalized spacial score (nSPS) is 16.0. The van der Waals surface area contributed by atoms with E-state index in [1.807, 2.05) is 6.92 Å². The van der Waals surface area contributed by atoms with Crippen LogP contribution in [0, 0.1) is 0 Å². The summed E-state index contributed by atoms with van der Waals surface area (Å²) in [5.41, 5.74) is 0.519. The van der Waals surface area contributed by atoms with Crippen LogP contribution in [0.4, 0.5) is 5.69 Å². The van der Waals surface area contributed by atoms with Crippen molar-refractivity contribution in [2.24, 2.45) is 4.99 Å². The van der Waals surface area contributed by atoms with Gasteiger partial charge in [0.1, 0.15) is 5.75 Å². The van der Waals surface area contributed by atoms with Crippen molar-refractivity contribution in [3.8, 4) is 17.2 Å². The average Bonchev–Trinajstić information content (AvgIpc) is 2.67. The van der Waals surface area contributed by atoms with Gasteiger partial charge in [0.15, 0.2) is 32.4 Å². The molecule has 1 heterocycles. The summed E-state index contributed by atoms with van der Waals surface area (Å²) in [5, 5.41) is -1.40. The van der Waals surface area contributed by atoms with Crippen molar-refractivity contribution in [1.82, 2.24) is 0 Å². The fourth-order valence-electron chi connectivity index (χ4n) is 2.80. The van der Waals surface area contributed by atoms with Crippen molar-refractivity contribution < 1.29 is 27.4 Å². The number of carbonyl (C=O) groups is 1. The van der Waals surface area contributed by atoms with E-state index < -0.39 is 20.9 Å². The molecule has 2 aromatic rings. The Morgan fingerprint density at radius 3 is 2.26 bits per heavy atom. The van der Waals surface area contributed by atoms with E-state index in [0.29, 0.717) is 29.5 Å². The summed E-state index contributed by atoms with van der Waals surface area (Å²) >= 11 is 0. The summed E-state index contributed by atoms with van der Waals surface area (Å²) in [6.07, 6.45) is 1.16. The molecule has 0 radical (unpaired) electrons. The van der Waals surface area contributed by atoms with E-state index >= 15 is 0 Å². The van der Waals surface area contributed by atoms with Crippen LogP contribution in [0.1, 0.15) is 17.3 Å². The molecule has 142 valence electrons. The van der Waals surface area contributed by atoms with Crippen LogP contribution in [0.25, 0.3) is 0 Å². The molecule has 0 aromatic heterocycles. The number of hydrogen-bond donors (Lipinski definition) is 0. The monoisotopic (exact) mass is 389 g/mol. The number of ether oxygens (including phenoxy) is 3. The number of rotatable bonds is 6. The lowest BCUT2D eigenvalue weighted by Gasteiger charge is -2.19. The molecule has 0 saturated carbocycles. The highest BCUT2D eigenvalue weighted by atomic mass is 32.2. The van der Waals surface area contributed by atoms with E-state index in [0.717, 1.165) is 6.21 Å². The number of fused-ring (bicyclic) bond motifs is 1. The molecule has 0 amide bonds. The van der Waals surface area contributed by atoms with E-state index in [2.05, 4.69) is 4.99 Å². The third-order valence-electron chi connectivity index (χ3n) is 4.17. The molecular formula is C19H19NO6S. The molecule has 3 rings (SSSR count). The quantitative estimate of drug-likeness (QED) is 0.754. The van der Waals surface area contributed by atoms with E-state index in [1.165, 1.54) is 32.4 Å². The van der Waals surface area contributed by atoms with Crippen LogP contribution in [-0.4, -0.2) is 46.5 Å². The maximum absolute atomic E-state index is 12.9. The van der Waals surface area contributed by atoms with Gasteiger partial charge in [0, 0.05) is 17.8 Å². The zero-order valence-electron chi connectivity index (χ0n) is 15.1. The van der Waals surface area contributed by atoms with E-state index in [4.69, 9.17) is 14.2 Å². The fourth-order valence-corrected chi connectivity index (χ4v) is 4.24. The maximum atomic E-state index is 12.9. The molecule has 27 heavy (non-hydrogen) atoms. The van der Waals surface area contributed by atoms with Gasteiger partial charge >= 0.3 is 0 Å². The van der Waals surface area contributed by atoms with Gasteiger partial charge in [-0.2, -0.15) is 0 Å². The van der Waals surface area contributed by atoms with Crippen LogP contribution in [0.15, 0.2) is 46.3 Å². The van der Waals surface area contributed by atoms with E-state index in [-0.39, 0.29) is 10.5 Å². The van der Waals surface area contributed by atoms with E-state index in [9.17, 15) is 13.2 Å². The Morgan fingerprint density at radius 1 is 1.04 bits per heavy atom. The van der Waals surface area contributed by atoms with Crippen molar-refractivity contribution in [1.29, 1.82) is 0 Å². The molecular weight excluding hydrogens is 370 g/mol. The maximum Gasteiger partial charge on any atom is 0.193 e. The van der Waals surface area contributed by atoms with Gasteiger partial charge in [0.25, 0.3) is 0 Å². The molecule has 1 aliphatic rings. The third-order valence-corrected chi connectivity index (χ3v) is 6.11. The Morgan fingerprint density at radius 2 is 1.67 bits per heavy atom. The summed E-state index contributed by atoms with van der Waals surface area (Å²) in [6, 6.07) is 8.96. The van der Waals surface area contributed by atoms with Gasteiger partial charge in [-0.3, -0.25) is 9.79 Å². The third kappa shape index (κ3) is 3.40. The van der Waals surface area contributed by atoms with Gasteiger partial charge < -0.3 is 14.2 Å². The van der Waals surface area contributed by atoms with Crippen molar-refractivity contribution in [2.75, 3.05) is 20.8 Å². The Labute approximate surface area is 157 Å². The van der Waals surface area contributed by atoms with Crippen molar-refractivity contribution in [2.45, 2.75) is 17.1 Å². The topological polar surface area (TPSA) is 91.3 Å². The number of methoxy groups -OCH3 is 2. The van der Waals surface area contributed by atoms with E-state index in [1.54, 1.807) is 18.2 Å². The van der Waals surface area contributed by atoms with Gasteiger partial charge in [-0.05, 0) is 37.3 Å². The summed E-state index contributed by atoms with van der Waals surface area (Å²) in [5.74, 6) is 0.741. The second-order valence-electron chi connectivity index (χ2n) is 5.74. The molecule has 7 nitrogen and oxygen atoms in total. The predicted octanol–water partition coefficient (Wildman–Crippen LogP) is 2.84. The smallest absolute Gasteiger partial charge is 0.193 e. The summed E-state index contributed by atoms with van der Waals surface area (Å²) in [4.78, 5) is 17.1. The molecule has 0 fully saturated rings. The first-order valence-electron chi connectivity index (χ1n) is 8.23. The molecule has 1 atom stereocenters. The van der Waals surface area contributed by atoms with Gasteiger partial charge in [-0.15, -0.1) is 0 Å². The Balaban J connectivity index is 1.99. The number of hydrogen-bond acceptors (Lipinski definition) is 7. The lowest BCUT2D eigenvalue weighted by Crippen LogP contribution is -2.34. The molecule has 0 bridgehead atoms. The first kappa shape index (κ1) is 18.9. The molecule has 1 unspecified atom stereocenters. The second kappa shape index (κ2) is 7.40. The Hall–Kier alpha value is -2.87. The van der Waals surface area contributed by atoms with Crippen molar-refractivity contribution in [3.05, 3.63) is 42.0 Å². The lowest BCUT2D eigenvalue weighted by atomic mass is 10.0. The molecule has 0 N–H and O–H groups in total. The largest absolute Gasteiger partial charge is 0.494 e. The number of sulfone groups is 1. The minimum atomic E-state index is -3.95. The summed E-state index contributed by atoms with van der Waals surface area (Å²) < 4.78 is 41.6. The van der Waals surface area contributed by atoms with Crippen LogP contribution in [0.5, 0.6) is 17.2 Å². The minimum Gasteiger partial charge on any atom is -0.494 e. The molecule has 1 aliphatic heterocycles. The molecule has 0 aliphatic carbocycles. The van der Waals surface area contributed by atoms with Crippen LogP contribution >= 0.6 is 0 Å². The van der Waals surface area contributed by atoms with Gasteiger partial charge in [-0.25, -0.2) is 8.42 Å². The Kier molecular flexibility index (Phi) is 5.18. The molecule has 0 saturated heterocycles. The predicted molar refractivity (Wildman–Crippen MR) is 101 cm³/mol.